The summed E-state index contributed by atoms with van der Waals surface area (Å²) in [6.45, 7) is 1.95. The number of para-hydroxylation sites is 1. The first-order chi connectivity index (χ1) is 22.9. The predicted molar refractivity (Wildman–Crippen MR) is 193 cm³/mol. The lowest BCUT2D eigenvalue weighted by molar-refractivity contribution is -0.116. The number of rotatable bonds is 12. The zero-order valence-corrected chi connectivity index (χ0v) is 27.9. The summed E-state index contributed by atoms with van der Waals surface area (Å²) in [5.41, 5.74) is 2.44. The minimum atomic E-state index is -0.485. The van der Waals surface area contributed by atoms with Gasteiger partial charge in [0, 0.05) is 26.3 Å². The van der Waals surface area contributed by atoms with Crippen LogP contribution in [0.2, 0.25) is 0 Å². The van der Waals surface area contributed by atoms with Gasteiger partial charge in [-0.3, -0.25) is 14.4 Å². The molecule has 0 bridgehead atoms. The van der Waals surface area contributed by atoms with Crippen LogP contribution in [-0.2, 0) is 9.59 Å². The molecule has 5 rings (SSSR count). The highest BCUT2D eigenvalue weighted by atomic mass is 79.9. The molecular weight excluding hydrogens is 674 g/mol. The number of carbonyl (C=O) groups is 3. The van der Waals surface area contributed by atoms with Crippen molar-refractivity contribution in [1.29, 1.82) is 0 Å². The first kappa shape index (κ1) is 33.2. The maximum Gasteiger partial charge on any atom is 0.272 e. The second-order valence-electron chi connectivity index (χ2n) is 10.4. The third-order valence-corrected chi connectivity index (χ3v) is 8.67. The Morgan fingerprint density at radius 1 is 0.745 bits per heavy atom. The summed E-state index contributed by atoms with van der Waals surface area (Å²) in [5, 5.41) is 8.27. The monoisotopic (exact) mass is 705 g/mol. The summed E-state index contributed by atoms with van der Waals surface area (Å²) in [7, 11) is 0. The van der Waals surface area contributed by atoms with Gasteiger partial charge < -0.3 is 20.7 Å². The molecule has 9 heteroatoms. The molecule has 0 spiro atoms. The Bertz CT molecular complexity index is 1870. The fourth-order valence-corrected chi connectivity index (χ4v) is 5.92. The maximum atomic E-state index is 13.5. The molecule has 0 radical (unpaired) electrons. The minimum absolute atomic E-state index is 0.0843. The van der Waals surface area contributed by atoms with Gasteiger partial charge in [-0.05, 0) is 96.9 Å². The SMILES string of the molecule is CCC(Sc1cccc(NC(=O)/C(=C\c2cccc(Br)c2)NC(=O)c2ccccc2)c1)C(=O)Nc1ccc(Oc2ccccc2)cc1. The average molecular weight is 707 g/mol. The Labute approximate surface area is 286 Å². The van der Waals surface area contributed by atoms with Crippen LogP contribution in [0.5, 0.6) is 11.5 Å². The Hall–Kier alpha value is -5.12. The molecule has 47 heavy (non-hydrogen) atoms. The number of nitrogens with one attached hydrogen (secondary N) is 3. The number of amides is 3. The van der Waals surface area contributed by atoms with Crippen LogP contribution in [0.15, 0.2) is 149 Å². The molecule has 5 aromatic carbocycles. The zero-order chi connectivity index (χ0) is 33.0. The third-order valence-electron chi connectivity index (χ3n) is 6.82. The molecule has 1 unspecified atom stereocenters. The molecule has 0 saturated heterocycles. The molecule has 0 aliphatic carbocycles. The van der Waals surface area contributed by atoms with Gasteiger partial charge in [-0.2, -0.15) is 0 Å². The number of thioether (sulfide) groups is 1. The lowest BCUT2D eigenvalue weighted by Gasteiger charge is -2.16. The lowest BCUT2D eigenvalue weighted by Crippen LogP contribution is -2.30. The van der Waals surface area contributed by atoms with Crippen LogP contribution in [0.4, 0.5) is 11.4 Å². The summed E-state index contributed by atoms with van der Waals surface area (Å²) in [5.74, 6) is 0.386. The second kappa shape index (κ2) is 16.4. The first-order valence-electron chi connectivity index (χ1n) is 14.9. The number of hydrogen-bond donors (Lipinski definition) is 3. The minimum Gasteiger partial charge on any atom is -0.457 e. The number of halogens is 1. The number of hydrogen-bond acceptors (Lipinski definition) is 5. The third kappa shape index (κ3) is 9.93. The van der Waals surface area contributed by atoms with Crippen molar-refractivity contribution in [3.63, 3.8) is 0 Å². The van der Waals surface area contributed by atoms with E-state index >= 15 is 0 Å². The van der Waals surface area contributed by atoms with Crippen LogP contribution in [0.3, 0.4) is 0 Å². The number of carbonyl (C=O) groups excluding carboxylic acids is 3. The molecule has 0 fully saturated rings. The van der Waals surface area contributed by atoms with Crippen molar-refractivity contribution in [3.8, 4) is 11.5 Å². The van der Waals surface area contributed by atoms with E-state index in [0.29, 0.717) is 29.1 Å². The van der Waals surface area contributed by atoms with Crippen LogP contribution in [0.25, 0.3) is 6.08 Å². The quantitative estimate of drug-likeness (QED) is 0.0889. The van der Waals surface area contributed by atoms with E-state index in [1.807, 2.05) is 97.9 Å². The predicted octanol–water partition coefficient (Wildman–Crippen LogP) is 9.16. The smallest absolute Gasteiger partial charge is 0.272 e. The largest absolute Gasteiger partial charge is 0.457 e. The van der Waals surface area contributed by atoms with E-state index in [2.05, 4.69) is 31.9 Å². The lowest BCUT2D eigenvalue weighted by atomic mass is 10.1. The molecular formula is C38H32BrN3O4S. The van der Waals surface area contributed by atoms with Crippen molar-refractivity contribution in [1.82, 2.24) is 5.32 Å². The van der Waals surface area contributed by atoms with Gasteiger partial charge in [-0.25, -0.2) is 0 Å². The molecule has 5 aromatic rings. The van der Waals surface area contributed by atoms with E-state index in [9.17, 15) is 14.4 Å². The van der Waals surface area contributed by atoms with E-state index < -0.39 is 11.8 Å². The van der Waals surface area contributed by atoms with Gasteiger partial charge in [0.25, 0.3) is 11.8 Å². The summed E-state index contributed by atoms with van der Waals surface area (Å²) in [6.07, 6.45) is 2.21. The topological polar surface area (TPSA) is 96.5 Å². The van der Waals surface area contributed by atoms with Crippen molar-refractivity contribution >= 4 is 62.9 Å². The highest BCUT2D eigenvalue weighted by Crippen LogP contribution is 2.29. The van der Waals surface area contributed by atoms with Crippen LogP contribution >= 0.6 is 27.7 Å². The highest BCUT2D eigenvalue weighted by Gasteiger charge is 2.20. The molecule has 1 atom stereocenters. The Morgan fingerprint density at radius 3 is 2.13 bits per heavy atom. The van der Waals surface area contributed by atoms with E-state index in [1.54, 1.807) is 48.5 Å². The van der Waals surface area contributed by atoms with E-state index in [-0.39, 0.29) is 16.9 Å². The van der Waals surface area contributed by atoms with E-state index in [1.165, 1.54) is 11.8 Å². The van der Waals surface area contributed by atoms with Crippen LogP contribution in [0, 0.1) is 0 Å². The molecule has 0 aromatic heterocycles. The fourth-order valence-electron chi connectivity index (χ4n) is 4.49. The number of anilines is 2. The van der Waals surface area contributed by atoms with Crippen molar-refractivity contribution in [3.05, 3.63) is 155 Å². The van der Waals surface area contributed by atoms with Gasteiger partial charge in [0.15, 0.2) is 0 Å². The van der Waals surface area contributed by atoms with Gasteiger partial charge >= 0.3 is 0 Å². The average Bonchev–Trinajstić information content (AvgIpc) is 3.08. The molecule has 0 aliphatic rings. The Kier molecular flexibility index (Phi) is 11.6. The molecule has 0 heterocycles. The maximum absolute atomic E-state index is 13.5. The van der Waals surface area contributed by atoms with Gasteiger partial charge in [-0.15, -0.1) is 11.8 Å². The van der Waals surface area contributed by atoms with Crippen molar-refractivity contribution in [2.45, 2.75) is 23.5 Å². The zero-order valence-electron chi connectivity index (χ0n) is 25.5. The number of ether oxygens (including phenoxy) is 1. The van der Waals surface area contributed by atoms with Crippen molar-refractivity contribution in [2.24, 2.45) is 0 Å². The summed E-state index contributed by atoms with van der Waals surface area (Å²) < 4.78 is 6.68. The number of benzene rings is 5. The van der Waals surface area contributed by atoms with E-state index in [0.717, 1.165) is 20.7 Å². The molecule has 3 amide bonds. The molecule has 7 nitrogen and oxygen atoms in total. The standard InChI is InChI=1S/C38H32BrN3O4S/c1-2-35(38(45)40-29-19-21-32(22-20-29)46-31-16-7-4-8-17-31)47-33-18-10-15-30(25-33)41-37(44)34(24-26-11-9-14-28(39)23-26)42-36(43)27-12-5-3-6-13-27/h3-25,35H,2H2,1H3,(H,40,45)(H,41,44)(H,42,43)/b34-24+. The van der Waals surface area contributed by atoms with E-state index in [4.69, 9.17) is 4.74 Å². The Balaban J connectivity index is 1.24. The second-order valence-corrected chi connectivity index (χ2v) is 12.6. The molecule has 0 saturated carbocycles. The first-order valence-corrected chi connectivity index (χ1v) is 16.6. The Morgan fingerprint density at radius 2 is 1.43 bits per heavy atom. The molecule has 236 valence electrons. The summed E-state index contributed by atoms with van der Waals surface area (Å²) in [6, 6.07) is 40.1. The van der Waals surface area contributed by atoms with Crippen LogP contribution < -0.4 is 20.7 Å². The van der Waals surface area contributed by atoms with Crippen LogP contribution in [-0.4, -0.2) is 23.0 Å². The van der Waals surface area contributed by atoms with Gasteiger partial charge in [0.2, 0.25) is 5.91 Å². The fraction of sp³-hybridized carbons (Fsp3) is 0.0789. The van der Waals surface area contributed by atoms with Gasteiger partial charge in [0.1, 0.15) is 17.2 Å². The van der Waals surface area contributed by atoms with Crippen molar-refractivity contribution in [2.75, 3.05) is 10.6 Å². The molecule has 3 N–H and O–H groups in total. The molecule has 0 aliphatic heterocycles. The van der Waals surface area contributed by atoms with Gasteiger partial charge in [0.05, 0.1) is 5.25 Å². The summed E-state index contributed by atoms with van der Waals surface area (Å²) >= 11 is 4.86. The van der Waals surface area contributed by atoms with Gasteiger partial charge in [-0.1, -0.05) is 77.5 Å². The summed E-state index contributed by atoms with van der Waals surface area (Å²) in [4.78, 5) is 40.5. The highest BCUT2D eigenvalue weighted by molar-refractivity contribution is 9.10. The van der Waals surface area contributed by atoms with Crippen LogP contribution in [0.1, 0.15) is 29.3 Å². The normalized spacial score (nSPS) is 11.7. The van der Waals surface area contributed by atoms with Crippen molar-refractivity contribution < 1.29 is 19.1 Å².